The molecule has 144 valence electrons. The van der Waals surface area contributed by atoms with Crippen LogP contribution in [-0.2, 0) is 0 Å². The maximum Gasteiger partial charge on any atom is 0.0892 e. The summed E-state index contributed by atoms with van der Waals surface area (Å²) >= 11 is 0. The number of hydrogen-bond acceptors (Lipinski definition) is 4. The van der Waals surface area contributed by atoms with Crippen LogP contribution in [0.3, 0.4) is 0 Å². The van der Waals surface area contributed by atoms with E-state index in [0.717, 1.165) is 25.9 Å². The Bertz CT molecular complexity index is 288. The topological polar surface area (TPSA) is 76.8 Å². The van der Waals surface area contributed by atoms with Gasteiger partial charge >= 0.3 is 0 Å². The zero-order valence-electron chi connectivity index (χ0n) is 16.0. The smallest absolute Gasteiger partial charge is 0.0892 e. The molecule has 0 spiro atoms. The molecule has 0 aromatic carbocycles. The second-order valence-electron chi connectivity index (χ2n) is 6.57. The number of nitrogens with zero attached hydrogens (tertiary/aromatic N) is 3. The number of hydrogen-bond donors (Lipinski definition) is 1. The molecule has 6 nitrogen and oxygen atoms in total. The lowest BCUT2D eigenvalue weighted by Gasteiger charge is -2.19. The SMILES string of the molecule is CCCCCCCCNCCN(CCCCCCCC)/[N+]([O-])=N/[O-]. The fourth-order valence-electron chi connectivity index (χ4n) is 2.77. The molecule has 0 heterocycles. The molecule has 1 N–H and O–H groups in total. The number of hydrazine groups is 1. The quantitative estimate of drug-likeness (QED) is 0.165. The molecule has 0 aliphatic rings. The van der Waals surface area contributed by atoms with Gasteiger partial charge in [0.25, 0.3) is 0 Å². The fraction of sp³-hybridized carbons (Fsp3) is 1.00. The van der Waals surface area contributed by atoms with E-state index in [1.54, 1.807) is 0 Å². The molecule has 0 unspecified atom stereocenters. The Morgan fingerprint density at radius 3 is 1.88 bits per heavy atom. The molecule has 0 atom stereocenters. The van der Waals surface area contributed by atoms with Gasteiger partial charge in [-0.05, 0) is 24.7 Å². The fourth-order valence-corrected chi connectivity index (χ4v) is 2.77. The van der Waals surface area contributed by atoms with Crippen molar-refractivity contribution in [3.05, 3.63) is 10.4 Å². The van der Waals surface area contributed by atoms with Crippen LogP contribution in [0.2, 0.25) is 0 Å². The molecule has 0 aliphatic heterocycles. The van der Waals surface area contributed by atoms with Crippen molar-refractivity contribution in [2.24, 2.45) is 5.28 Å². The summed E-state index contributed by atoms with van der Waals surface area (Å²) in [6.07, 6.45) is 14.7. The van der Waals surface area contributed by atoms with E-state index in [1.807, 2.05) is 0 Å². The van der Waals surface area contributed by atoms with Crippen molar-refractivity contribution >= 4 is 0 Å². The lowest BCUT2D eigenvalue weighted by Crippen LogP contribution is -2.37. The van der Waals surface area contributed by atoms with E-state index >= 15 is 0 Å². The van der Waals surface area contributed by atoms with Crippen LogP contribution in [0.5, 0.6) is 0 Å². The van der Waals surface area contributed by atoms with Gasteiger partial charge in [0.05, 0.1) is 13.1 Å². The van der Waals surface area contributed by atoms with Gasteiger partial charge in [0, 0.05) is 11.5 Å². The summed E-state index contributed by atoms with van der Waals surface area (Å²) in [7, 11) is 0. The average molecular weight is 344 g/mol. The van der Waals surface area contributed by atoms with Crippen LogP contribution in [0.4, 0.5) is 0 Å². The second kappa shape index (κ2) is 18.3. The number of nitrogens with one attached hydrogen (secondary N) is 1. The molecule has 0 rings (SSSR count). The van der Waals surface area contributed by atoms with Crippen molar-refractivity contribution in [3.8, 4) is 0 Å². The van der Waals surface area contributed by atoms with Crippen LogP contribution in [0, 0.1) is 10.4 Å². The van der Waals surface area contributed by atoms with Crippen LogP contribution >= 0.6 is 0 Å². The molecular weight excluding hydrogens is 304 g/mol. The number of rotatable bonds is 18. The van der Waals surface area contributed by atoms with Crippen molar-refractivity contribution in [1.82, 2.24) is 10.3 Å². The summed E-state index contributed by atoms with van der Waals surface area (Å²) in [5, 5.41) is 29.3. The first-order valence-electron chi connectivity index (χ1n) is 10.0. The van der Waals surface area contributed by atoms with E-state index in [0.29, 0.717) is 13.1 Å². The zero-order chi connectivity index (χ0) is 17.9. The molecule has 6 heteroatoms. The van der Waals surface area contributed by atoms with E-state index in [4.69, 9.17) is 0 Å². The maximum absolute atomic E-state index is 11.5. The second-order valence-corrected chi connectivity index (χ2v) is 6.57. The standard InChI is InChI=1S/C18H40N4O2/c1-3-5-7-9-11-13-15-19-16-18-21(22(24)20-23)17-14-12-10-8-6-4-2/h19,23H,3-18H2,1-2H3/p-1/b22-20-. The molecule has 0 aliphatic carbocycles. The van der Waals surface area contributed by atoms with Crippen molar-refractivity contribution in [3.63, 3.8) is 0 Å². The Kier molecular flexibility index (Phi) is 17.5. The third-order valence-corrected chi connectivity index (χ3v) is 4.34. The highest BCUT2D eigenvalue weighted by Crippen LogP contribution is 2.06. The Morgan fingerprint density at radius 1 is 0.750 bits per heavy atom. The molecule has 0 saturated heterocycles. The molecule has 0 saturated carbocycles. The first-order valence-corrected chi connectivity index (χ1v) is 10.0. The van der Waals surface area contributed by atoms with Gasteiger partial charge < -0.3 is 15.7 Å². The van der Waals surface area contributed by atoms with Crippen LogP contribution in [0.25, 0.3) is 0 Å². The van der Waals surface area contributed by atoms with Crippen LogP contribution in [-0.4, -0.2) is 36.2 Å². The minimum atomic E-state index is 0.207. The summed E-state index contributed by atoms with van der Waals surface area (Å²) in [5.74, 6) is 0. The van der Waals surface area contributed by atoms with Gasteiger partial charge in [-0.2, -0.15) is 0 Å². The summed E-state index contributed by atoms with van der Waals surface area (Å²) in [5.41, 5.74) is 0. The Morgan fingerprint density at radius 2 is 1.29 bits per heavy atom. The van der Waals surface area contributed by atoms with E-state index < -0.39 is 0 Å². The maximum atomic E-state index is 11.5. The third-order valence-electron chi connectivity index (χ3n) is 4.34. The van der Waals surface area contributed by atoms with Gasteiger partial charge in [-0.15, -0.1) is 5.01 Å². The molecule has 24 heavy (non-hydrogen) atoms. The van der Waals surface area contributed by atoms with E-state index in [9.17, 15) is 10.4 Å². The van der Waals surface area contributed by atoms with E-state index in [1.165, 1.54) is 69.2 Å². The summed E-state index contributed by atoms with van der Waals surface area (Å²) in [6.45, 7) is 7.28. The Hall–Kier alpha value is -1.04. The van der Waals surface area contributed by atoms with Crippen molar-refractivity contribution in [2.45, 2.75) is 90.9 Å². The Balaban J connectivity index is 3.65. The highest BCUT2D eigenvalue weighted by atomic mass is 16.6. The van der Waals surface area contributed by atoms with Crippen molar-refractivity contribution in [1.29, 1.82) is 0 Å². The lowest BCUT2D eigenvalue weighted by atomic mass is 10.1. The molecule has 0 fully saturated rings. The number of unbranched alkanes of at least 4 members (excludes halogenated alkanes) is 10. The highest BCUT2D eigenvalue weighted by Gasteiger charge is 2.10. The largest absolute Gasteiger partial charge is 0.737 e. The minimum absolute atomic E-state index is 0.207. The molecular formula is C18H39N4O2-. The summed E-state index contributed by atoms with van der Waals surface area (Å²) in [4.78, 5) is 0.207. The molecule has 0 aromatic rings. The zero-order valence-corrected chi connectivity index (χ0v) is 16.0. The van der Waals surface area contributed by atoms with Crippen molar-refractivity contribution in [2.75, 3.05) is 26.2 Å². The van der Waals surface area contributed by atoms with Gasteiger partial charge in [-0.3, -0.25) is 0 Å². The monoisotopic (exact) mass is 343 g/mol. The first-order chi connectivity index (χ1) is 11.8. The first kappa shape index (κ1) is 23.0. The van der Waals surface area contributed by atoms with Gasteiger partial charge in [0.15, 0.2) is 0 Å². The van der Waals surface area contributed by atoms with Crippen LogP contribution < -0.4 is 5.32 Å². The van der Waals surface area contributed by atoms with E-state index in [-0.39, 0.29) is 4.97 Å². The highest BCUT2D eigenvalue weighted by molar-refractivity contribution is 4.54. The normalized spacial score (nSPS) is 11.8. The third kappa shape index (κ3) is 14.5. The predicted molar refractivity (Wildman–Crippen MR) is 101 cm³/mol. The van der Waals surface area contributed by atoms with Crippen molar-refractivity contribution < 1.29 is 4.97 Å². The van der Waals surface area contributed by atoms with Gasteiger partial charge in [-0.1, -0.05) is 78.1 Å². The van der Waals surface area contributed by atoms with Gasteiger partial charge in [0.2, 0.25) is 0 Å². The summed E-state index contributed by atoms with van der Waals surface area (Å²) < 4.78 is 0. The van der Waals surface area contributed by atoms with Gasteiger partial charge in [0.1, 0.15) is 0 Å². The Labute approximate surface area is 148 Å². The van der Waals surface area contributed by atoms with Crippen LogP contribution in [0.1, 0.15) is 90.9 Å². The lowest BCUT2D eigenvalue weighted by molar-refractivity contribution is -0.690. The van der Waals surface area contributed by atoms with E-state index in [2.05, 4.69) is 24.4 Å². The van der Waals surface area contributed by atoms with Crippen LogP contribution in [0.15, 0.2) is 5.28 Å². The predicted octanol–water partition coefficient (Wildman–Crippen LogP) is 4.97. The molecule has 0 bridgehead atoms. The molecule has 0 radical (unpaired) electrons. The molecule has 0 aromatic heterocycles. The molecule has 0 amide bonds. The van der Waals surface area contributed by atoms with Gasteiger partial charge in [-0.25, -0.2) is 0 Å². The minimum Gasteiger partial charge on any atom is -0.737 e. The summed E-state index contributed by atoms with van der Waals surface area (Å²) in [6, 6.07) is 0. The average Bonchev–Trinajstić information content (AvgIpc) is 2.60.